The number of carboxylic acids is 1. The zero-order valence-corrected chi connectivity index (χ0v) is 13.7. The highest BCUT2D eigenvalue weighted by molar-refractivity contribution is 5.87. The fourth-order valence-corrected chi connectivity index (χ4v) is 3.26. The number of carboxylic acid groups (broad SMARTS) is 1. The van der Waals surface area contributed by atoms with Gasteiger partial charge >= 0.3 is 5.97 Å². The number of nitrogens with one attached hydrogen (secondary N) is 1. The Bertz CT molecular complexity index is 930. The van der Waals surface area contributed by atoms with Gasteiger partial charge in [-0.25, -0.2) is 4.79 Å². The van der Waals surface area contributed by atoms with E-state index in [0.29, 0.717) is 12.2 Å². The second-order valence-corrected chi connectivity index (χ2v) is 6.70. The van der Waals surface area contributed by atoms with Crippen LogP contribution in [0.15, 0.2) is 34.7 Å². The van der Waals surface area contributed by atoms with Gasteiger partial charge in [0.05, 0.1) is 7.11 Å². The van der Waals surface area contributed by atoms with Crippen molar-refractivity contribution in [1.29, 1.82) is 0 Å². The van der Waals surface area contributed by atoms with Crippen LogP contribution in [0.1, 0.15) is 47.3 Å². The summed E-state index contributed by atoms with van der Waals surface area (Å²) in [6, 6.07) is 9.25. The Labute approximate surface area is 139 Å². The number of aromatic amines is 1. The Morgan fingerprint density at radius 1 is 1.33 bits per heavy atom. The highest BCUT2D eigenvalue weighted by Gasteiger charge is 2.42. The monoisotopic (exact) mass is 325 g/mol. The number of methoxy groups -OCH3 is 1. The van der Waals surface area contributed by atoms with E-state index in [1.54, 1.807) is 13.2 Å². The number of hydrogen-bond donors (Lipinski definition) is 2. The quantitative estimate of drug-likeness (QED) is 0.740. The summed E-state index contributed by atoms with van der Waals surface area (Å²) in [6.07, 6.45) is 2.88. The molecule has 0 aliphatic heterocycles. The van der Waals surface area contributed by atoms with Crippen LogP contribution in [-0.4, -0.2) is 23.2 Å². The van der Waals surface area contributed by atoms with Crippen LogP contribution in [0.3, 0.4) is 0 Å². The topological polar surface area (TPSA) is 75.5 Å². The van der Waals surface area contributed by atoms with Gasteiger partial charge in [-0.3, -0.25) is 0 Å². The summed E-state index contributed by atoms with van der Waals surface area (Å²) in [4.78, 5) is 14.6. The van der Waals surface area contributed by atoms with Crippen LogP contribution < -0.4 is 4.74 Å². The standard InChI is InChI=1S/C19H19NO4/c1-19(7-8-19)17-14(9-12-4-6-16(24-12)18(21)22)13-5-3-11(23-2)10-15(13)20-17/h3-6,10,20H,7-9H2,1-2H3,(H,21,22). The van der Waals surface area contributed by atoms with Crippen molar-refractivity contribution in [3.05, 3.63) is 53.1 Å². The lowest BCUT2D eigenvalue weighted by atomic mass is 9.97. The molecule has 4 rings (SSSR count). The molecular formula is C19H19NO4. The Balaban J connectivity index is 1.81. The average molecular weight is 325 g/mol. The molecule has 5 heteroatoms. The number of H-pyrrole nitrogens is 1. The molecule has 0 radical (unpaired) electrons. The van der Waals surface area contributed by atoms with Crippen molar-refractivity contribution in [1.82, 2.24) is 4.98 Å². The van der Waals surface area contributed by atoms with E-state index in [9.17, 15) is 4.79 Å². The molecule has 0 bridgehead atoms. The third-order valence-electron chi connectivity index (χ3n) is 4.94. The number of aromatic nitrogens is 1. The average Bonchev–Trinajstić information content (AvgIpc) is 3.00. The van der Waals surface area contributed by atoms with E-state index in [2.05, 4.69) is 18.0 Å². The summed E-state index contributed by atoms with van der Waals surface area (Å²) >= 11 is 0. The van der Waals surface area contributed by atoms with E-state index in [1.165, 1.54) is 17.3 Å². The van der Waals surface area contributed by atoms with Crippen LogP contribution in [-0.2, 0) is 11.8 Å². The summed E-state index contributed by atoms with van der Waals surface area (Å²) in [5.74, 6) is 0.411. The van der Waals surface area contributed by atoms with Gasteiger partial charge < -0.3 is 19.2 Å². The number of ether oxygens (including phenoxy) is 1. The zero-order chi connectivity index (χ0) is 16.9. The molecular weight excluding hydrogens is 306 g/mol. The summed E-state index contributed by atoms with van der Waals surface area (Å²) in [5.41, 5.74) is 3.61. The molecule has 1 saturated carbocycles. The Morgan fingerprint density at radius 2 is 2.12 bits per heavy atom. The minimum absolute atomic E-state index is 0.0225. The second-order valence-electron chi connectivity index (χ2n) is 6.70. The van der Waals surface area contributed by atoms with Crippen LogP contribution in [0.4, 0.5) is 0 Å². The molecule has 2 aromatic heterocycles. The maximum atomic E-state index is 11.0. The first-order valence-corrected chi connectivity index (χ1v) is 8.01. The zero-order valence-electron chi connectivity index (χ0n) is 13.7. The number of fused-ring (bicyclic) bond motifs is 1. The van der Waals surface area contributed by atoms with E-state index >= 15 is 0 Å². The highest BCUT2D eigenvalue weighted by atomic mass is 16.5. The van der Waals surface area contributed by atoms with Crippen molar-refractivity contribution in [2.45, 2.75) is 31.6 Å². The van der Waals surface area contributed by atoms with Gasteiger partial charge in [0.15, 0.2) is 0 Å². The third-order valence-corrected chi connectivity index (χ3v) is 4.94. The molecule has 5 nitrogen and oxygen atoms in total. The lowest BCUT2D eigenvalue weighted by molar-refractivity contribution is 0.0660. The molecule has 0 atom stereocenters. The molecule has 1 fully saturated rings. The van der Waals surface area contributed by atoms with E-state index in [0.717, 1.165) is 29.5 Å². The molecule has 1 aromatic carbocycles. The van der Waals surface area contributed by atoms with Gasteiger partial charge in [0.2, 0.25) is 5.76 Å². The van der Waals surface area contributed by atoms with Crippen molar-refractivity contribution in [3.63, 3.8) is 0 Å². The van der Waals surface area contributed by atoms with Gasteiger partial charge in [0, 0.05) is 34.5 Å². The molecule has 1 aliphatic carbocycles. The molecule has 0 unspecified atom stereocenters. The van der Waals surface area contributed by atoms with Crippen molar-refractivity contribution >= 4 is 16.9 Å². The van der Waals surface area contributed by atoms with Crippen molar-refractivity contribution in [2.24, 2.45) is 0 Å². The van der Waals surface area contributed by atoms with Gasteiger partial charge in [-0.15, -0.1) is 0 Å². The minimum atomic E-state index is -1.04. The SMILES string of the molecule is COc1ccc2c(Cc3ccc(C(=O)O)o3)c(C3(C)CC3)[nH]c2c1. The van der Waals surface area contributed by atoms with Crippen molar-refractivity contribution in [3.8, 4) is 5.75 Å². The number of carbonyl (C=O) groups is 1. The minimum Gasteiger partial charge on any atom is -0.497 e. The molecule has 0 saturated heterocycles. The molecule has 24 heavy (non-hydrogen) atoms. The van der Waals surface area contributed by atoms with Gasteiger partial charge in [-0.05, 0) is 42.7 Å². The molecule has 0 amide bonds. The van der Waals surface area contributed by atoms with Gasteiger partial charge in [-0.1, -0.05) is 6.92 Å². The smallest absolute Gasteiger partial charge is 0.371 e. The first-order chi connectivity index (χ1) is 11.5. The summed E-state index contributed by atoms with van der Waals surface area (Å²) in [5, 5.41) is 10.2. The Kier molecular flexibility index (Phi) is 3.20. The van der Waals surface area contributed by atoms with E-state index in [4.69, 9.17) is 14.3 Å². The van der Waals surface area contributed by atoms with E-state index < -0.39 is 5.97 Å². The molecule has 1 aliphatic rings. The first-order valence-electron chi connectivity index (χ1n) is 8.01. The van der Waals surface area contributed by atoms with Crippen LogP contribution in [0.2, 0.25) is 0 Å². The van der Waals surface area contributed by atoms with Crippen LogP contribution in [0.5, 0.6) is 5.75 Å². The fourth-order valence-electron chi connectivity index (χ4n) is 3.26. The lowest BCUT2D eigenvalue weighted by Gasteiger charge is -2.09. The molecule has 2 heterocycles. The summed E-state index contributed by atoms with van der Waals surface area (Å²) in [6.45, 7) is 2.25. The molecule has 2 N–H and O–H groups in total. The first kappa shape index (κ1) is 14.9. The Hall–Kier alpha value is -2.69. The maximum absolute atomic E-state index is 11.0. The number of benzene rings is 1. The van der Waals surface area contributed by atoms with Gasteiger partial charge in [0.25, 0.3) is 0 Å². The van der Waals surface area contributed by atoms with Crippen LogP contribution in [0, 0.1) is 0 Å². The summed E-state index contributed by atoms with van der Waals surface area (Å²) in [7, 11) is 1.66. The Morgan fingerprint density at radius 3 is 2.75 bits per heavy atom. The second kappa shape index (κ2) is 5.16. The van der Waals surface area contributed by atoms with Crippen LogP contribution >= 0.6 is 0 Å². The van der Waals surface area contributed by atoms with Gasteiger partial charge in [-0.2, -0.15) is 0 Å². The predicted molar refractivity (Wildman–Crippen MR) is 89.9 cm³/mol. The highest BCUT2D eigenvalue weighted by Crippen LogP contribution is 2.50. The number of hydrogen-bond acceptors (Lipinski definition) is 3. The number of aromatic carboxylic acids is 1. The largest absolute Gasteiger partial charge is 0.497 e. The summed E-state index contributed by atoms with van der Waals surface area (Å²) < 4.78 is 10.8. The predicted octanol–water partition coefficient (Wildman–Crippen LogP) is 4.11. The maximum Gasteiger partial charge on any atom is 0.371 e. The number of furan rings is 1. The fraction of sp³-hybridized carbons (Fsp3) is 0.316. The van der Waals surface area contributed by atoms with Crippen molar-refractivity contribution in [2.75, 3.05) is 7.11 Å². The van der Waals surface area contributed by atoms with E-state index in [1.807, 2.05) is 12.1 Å². The normalized spacial score (nSPS) is 15.6. The molecule has 124 valence electrons. The molecule has 3 aromatic rings. The van der Waals surface area contributed by atoms with Crippen LogP contribution in [0.25, 0.3) is 10.9 Å². The van der Waals surface area contributed by atoms with E-state index in [-0.39, 0.29) is 11.2 Å². The van der Waals surface area contributed by atoms with Gasteiger partial charge in [0.1, 0.15) is 11.5 Å². The lowest BCUT2D eigenvalue weighted by Crippen LogP contribution is -2.04. The third kappa shape index (κ3) is 2.37. The van der Waals surface area contributed by atoms with Crippen molar-refractivity contribution < 1.29 is 19.1 Å². The molecule has 0 spiro atoms. The number of rotatable bonds is 5.